The lowest BCUT2D eigenvalue weighted by Crippen LogP contribution is -2.41. The summed E-state index contributed by atoms with van der Waals surface area (Å²) in [6, 6.07) is 8.05. The number of benzene rings is 1. The number of carbonyl (C=O) groups excluding carboxylic acids is 2. The van der Waals surface area contributed by atoms with E-state index in [0.717, 1.165) is 44.5 Å². The number of piperidine rings is 2. The number of hydrogen-bond acceptors (Lipinski definition) is 8. The Balaban J connectivity index is 1.40. The fourth-order valence-electron chi connectivity index (χ4n) is 4.84. The Morgan fingerprint density at radius 1 is 1.08 bits per heavy atom. The summed E-state index contributed by atoms with van der Waals surface area (Å²) >= 11 is 0. The third-order valence-corrected chi connectivity index (χ3v) is 6.98. The van der Waals surface area contributed by atoms with Crippen LogP contribution in [-0.2, 0) is 4.74 Å². The molecule has 4 rings (SSSR count). The molecular formula is C27H38N6O4. The van der Waals surface area contributed by atoms with Crippen molar-refractivity contribution in [2.45, 2.75) is 58.0 Å². The third-order valence-electron chi connectivity index (χ3n) is 6.98. The summed E-state index contributed by atoms with van der Waals surface area (Å²) < 4.78 is 5.50. The number of rotatable bonds is 6. The van der Waals surface area contributed by atoms with Gasteiger partial charge in [0.05, 0.1) is 6.20 Å². The molecule has 2 saturated heterocycles. The first-order valence-electron chi connectivity index (χ1n) is 13.0. The van der Waals surface area contributed by atoms with Gasteiger partial charge in [0.2, 0.25) is 0 Å². The zero-order valence-electron chi connectivity index (χ0n) is 21.9. The quantitative estimate of drug-likeness (QED) is 0.536. The van der Waals surface area contributed by atoms with Gasteiger partial charge in [-0.1, -0.05) is 12.1 Å². The summed E-state index contributed by atoms with van der Waals surface area (Å²) in [6.45, 7) is 8.71. The number of nitrogens with one attached hydrogen (secondary N) is 1. The van der Waals surface area contributed by atoms with Crippen LogP contribution in [0.3, 0.4) is 0 Å². The molecule has 2 fully saturated rings. The Morgan fingerprint density at radius 3 is 2.30 bits per heavy atom. The summed E-state index contributed by atoms with van der Waals surface area (Å²) in [4.78, 5) is 37.2. The maximum atomic E-state index is 12.3. The van der Waals surface area contributed by atoms with E-state index in [1.165, 1.54) is 5.56 Å². The summed E-state index contributed by atoms with van der Waals surface area (Å²) in [6.07, 6.45) is 4.85. The lowest BCUT2D eigenvalue weighted by Gasteiger charge is -2.33. The van der Waals surface area contributed by atoms with Crippen molar-refractivity contribution in [3.05, 3.63) is 41.7 Å². The molecule has 2 aliphatic heterocycles. The molecule has 3 heterocycles. The smallest absolute Gasteiger partial charge is 0.410 e. The molecule has 0 bridgehead atoms. The number of hydrogen-bond donors (Lipinski definition) is 3. The fourth-order valence-corrected chi connectivity index (χ4v) is 4.84. The molecule has 0 spiro atoms. The van der Waals surface area contributed by atoms with E-state index in [4.69, 9.17) is 10.5 Å². The molecule has 200 valence electrons. The Bertz CT molecular complexity index is 1090. The standard InChI is InChI=1S/C27H38N6O4/c1-27(2,3)37-26(36)33-14-10-20(11-15-33)19-4-6-21(7-5-19)30-25-23(24(28)35)29-16-22(31-25)32-12-8-18(17-34)9-13-32/h4-7,16,18,20,34H,8-15,17H2,1-3H3,(H2,28,35)(H,30,31). The van der Waals surface area contributed by atoms with Crippen LogP contribution in [0.5, 0.6) is 0 Å². The molecule has 10 heteroatoms. The zero-order valence-corrected chi connectivity index (χ0v) is 21.9. The number of carbonyl (C=O) groups is 2. The van der Waals surface area contributed by atoms with Gasteiger partial charge in [0.15, 0.2) is 11.5 Å². The Morgan fingerprint density at radius 2 is 1.73 bits per heavy atom. The second kappa shape index (κ2) is 11.3. The fraction of sp³-hybridized carbons (Fsp3) is 0.556. The molecule has 0 atom stereocenters. The number of aliphatic hydroxyl groups excluding tert-OH is 1. The highest BCUT2D eigenvalue weighted by Crippen LogP contribution is 2.31. The van der Waals surface area contributed by atoms with Crippen LogP contribution in [0, 0.1) is 5.92 Å². The van der Waals surface area contributed by atoms with Crippen molar-refractivity contribution >= 4 is 29.3 Å². The van der Waals surface area contributed by atoms with Crippen LogP contribution in [0.4, 0.5) is 22.1 Å². The predicted octanol–water partition coefficient (Wildman–Crippen LogP) is 3.64. The monoisotopic (exact) mass is 510 g/mol. The van der Waals surface area contributed by atoms with Crippen molar-refractivity contribution < 1.29 is 19.4 Å². The van der Waals surface area contributed by atoms with Gasteiger partial charge in [-0.2, -0.15) is 0 Å². The van der Waals surface area contributed by atoms with Crippen LogP contribution in [0.15, 0.2) is 30.5 Å². The molecule has 1 aromatic carbocycles. The minimum Gasteiger partial charge on any atom is -0.444 e. The molecule has 2 aliphatic rings. The van der Waals surface area contributed by atoms with Crippen LogP contribution < -0.4 is 16.0 Å². The Labute approximate surface area is 218 Å². The first-order valence-corrected chi connectivity index (χ1v) is 13.0. The van der Waals surface area contributed by atoms with E-state index in [1.54, 1.807) is 11.1 Å². The number of anilines is 3. The average molecular weight is 511 g/mol. The number of primary amides is 1. The van der Waals surface area contributed by atoms with Crippen LogP contribution in [0.1, 0.15) is 68.4 Å². The van der Waals surface area contributed by atoms with Gasteiger partial charge >= 0.3 is 6.09 Å². The largest absolute Gasteiger partial charge is 0.444 e. The van der Waals surface area contributed by atoms with Crippen molar-refractivity contribution in [2.24, 2.45) is 11.7 Å². The second-order valence-electron chi connectivity index (χ2n) is 10.9. The highest BCUT2D eigenvalue weighted by atomic mass is 16.6. The van der Waals surface area contributed by atoms with Gasteiger partial charge in [0.25, 0.3) is 5.91 Å². The summed E-state index contributed by atoms with van der Waals surface area (Å²) in [7, 11) is 0. The lowest BCUT2D eigenvalue weighted by atomic mass is 9.89. The molecular weight excluding hydrogens is 472 g/mol. The van der Waals surface area contributed by atoms with Crippen LogP contribution in [0.25, 0.3) is 0 Å². The predicted molar refractivity (Wildman–Crippen MR) is 142 cm³/mol. The maximum absolute atomic E-state index is 12.3. The van der Waals surface area contributed by atoms with E-state index >= 15 is 0 Å². The number of nitrogens with zero attached hydrogens (tertiary/aromatic N) is 4. The summed E-state index contributed by atoms with van der Waals surface area (Å²) in [5, 5.41) is 12.6. The molecule has 0 radical (unpaired) electrons. The molecule has 0 aliphatic carbocycles. The molecule has 37 heavy (non-hydrogen) atoms. The third kappa shape index (κ3) is 6.88. The number of likely N-dealkylation sites (tertiary alicyclic amines) is 1. The Hall–Kier alpha value is -3.40. The van der Waals surface area contributed by atoms with Crippen molar-refractivity contribution in [2.75, 3.05) is 43.0 Å². The maximum Gasteiger partial charge on any atom is 0.410 e. The van der Waals surface area contributed by atoms with E-state index < -0.39 is 11.5 Å². The van der Waals surface area contributed by atoms with Gasteiger partial charge in [0, 0.05) is 38.5 Å². The second-order valence-corrected chi connectivity index (χ2v) is 10.9. The minimum atomic E-state index is -0.645. The molecule has 0 saturated carbocycles. The Kier molecular flexibility index (Phi) is 8.16. The van der Waals surface area contributed by atoms with Gasteiger partial charge in [-0.25, -0.2) is 14.8 Å². The number of amides is 2. The highest BCUT2D eigenvalue weighted by molar-refractivity contribution is 5.96. The van der Waals surface area contributed by atoms with E-state index in [1.807, 2.05) is 32.9 Å². The van der Waals surface area contributed by atoms with Crippen LogP contribution in [0.2, 0.25) is 0 Å². The van der Waals surface area contributed by atoms with Crippen molar-refractivity contribution in [1.82, 2.24) is 14.9 Å². The molecule has 1 aromatic heterocycles. The van der Waals surface area contributed by atoms with Crippen molar-refractivity contribution in [3.63, 3.8) is 0 Å². The first kappa shape index (κ1) is 26.7. The molecule has 10 nitrogen and oxygen atoms in total. The van der Waals surface area contributed by atoms with E-state index in [2.05, 4.69) is 32.3 Å². The summed E-state index contributed by atoms with van der Waals surface area (Å²) in [5.41, 5.74) is 7.14. The van der Waals surface area contributed by atoms with Gasteiger partial charge < -0.3 is 30.7 Å². The SMILES string of the molecule is CC(C)(C)OC(=O)N1CCC(c2ccc(Nc3nc(N4CCC(CO)CC4)cnc3C(N)=O)cc2)CC1. The van der Waals surface area contributed by atoms with E-state index in [0.29, 0.717) is 36.6 Å². The molecule has 2 aromatic rings. The van der Waals surface area contributed by atoms with E-state index in [-0.39, 0.29) is 18.4 Å². The number of nitrogens with two attached hydrogens (primary N) is 1. The van der Waals surface area contributed by atoms with Gasteiger partial charge in [-0.15, -0.1) is 0 Å². The van der Waals surface area contributed by atoms with Crippen LogP contribution in [-0.4, -0.2) is 70.4 Å². The molecule has 0 unspecified atom stereocenters. The first-order chi connectivity index (χ1) is 17.6. The van der Waals surface area contributed by atoms with Gasteiger partial charge in [-0.05, 0) is 76.0 Å². The number of aliphatic hydroxyl groups is 1. The molecule has 2 amide bonds. The molecule has 4 N–H and O–H groups in total. The van der Waals surface area contributed by atoms with Crippen molar-refractivity contribution in [1.29, 1.82) is 0 Å². The van der Waals surface area contributed by atoms with Gasteiger partial charge in [0.1, 0.15) is 11.4 Å². The minimum absolute atomic E-state index is 0.0904. The average Bonchev–Trinajstić information content (AvgIpc) is 2.88. The highest BCUT2D eigenvalue weighted by Gasteiger charge is 2.27. The van der Waals surface area contributed by atoms with Gasteiger partial charge in [-0.3, -0.25) is 4.79 Å². The number of aromatic nitrogens is 2. The normalized spacial score (nSPS) is 17.5. The zero-order chi connectivity index (χ0) is 26.6. The lowest BCUT2D eigenvalue weighted by molar-refractivity contribution is 0.0204. The number of ether oxygens (including phenoxy) is 1. The van der Waals surface area contributed by atoms with E-state index in [9.17, 15) is 14.7 Å². The topological polar surface area (TPSA) is 134 Å². The van der Waals surface area contributed by atoms with Crippen LogP contribution >= 0.6 is 0 Å². The summed E-state index contributed by atoms with van der Waals surface area (Å²) in [5.74, 6) is 1.03. The van der Waals surface area contributed by atoms with Crippen molar-refractivity contribution in [3.8, 4) is 0 Å².